The number of carbonyl (C=O) groups is 4. The molecule has 8 heteroatoms. The van der Waals surface area contributed by atoms with Crippen molar-refractivity contribution in [1.82, 2.24) is 15.5 Å². The molecule has 0 aromatic heterocycles. The topological polar surface area (TPSA) is 95.6 Å². The number of amides is 4. The summed E-state index contributed by atoms with van der Waals surface area (Å²) >= 11 is 0. The van der Waals surface area contributed by atoms with Crippen LogP contribution in [0.4, 0.5) is 4.39 Å². The predicted octanol–water partition coefficient (Wildman–Crippen LogP) is 1.36. The van der Waals surface area contributed by atoms with Gasteiger partial charge in [0.1, 0.15) is 11.9 Å². The lowest BCUT2D eigenvalue weighted by atomic mass is 10.1. The number of fused-ring (bicyclic) bond motifs is 1. The predicted molar refractivity (Wildman–Crippen MR) is 98.1 cm³/mol. The summed E-state index contributed by atoms with van der Waals surface area (Å²) in [6.07, 6.45) is 0. The van der Waals surface area contributed by atoms with Gasteiger partial charge < -0.3 is 10.6 Å². The Bertz CT molecular complexity index is 925. The molecular weight excluding hydrogens is 365 g/mol. The molecule has 2 N–H and O–H groups in total. The van der Waals surface area contributed by atoms with Gasteiger partial charge in [0.25, 0.3) is 17.7 Å². The third kappa shape index (κ3) is 3.62. The second-order valence-electron chi connectivity index (χ2n) is 6.23. The van der Waals surface area contributed by atoms with Gasteiger partial charge >= 0.3 is 0 Å². The molecule has 7 nitrogen and oxygen atoms in total. The number of hydrogen-bond acceptors (Lipinski definition) is 4. The number of nitrogens with one attached hydrogen (secondary N) is 2. The molecule has 1 unspecified atom stereocenters. The minimum absolute atomic E-state index is 0.0620. The molecule has 1 aliphatic heterocycles. The van der Waals surface area contributed by atoms with E-state index in [-0.39, 0.29) is 29.8 Å². The van der Waals surface area contributed by atoms with Crippen LogP contribution in [0.3, 0.4) is 0 Å². The van der Waals surface area contributed by atoms with Crippen LogP contribution in [-0.4, -0.2) is 47.7 Å². The van der Waals surface area contributed by atoms with Crippen LogP contribution in [0.25, 0.3) is 0 Å². The molecule has 4 amide bonds. The minimum Gasteiger partial charge on any atom is -0.353 e. The molecular formula is C20H18FN3O4. The van der Waals surface area contributed by atoms with E-state index in [4.69, 9.17) is 0 Å². The molecule has 1 heterocycles. The van der Waals surface area contributed by atoms with Gasteiger partial charge in [0, 0.05) is 13.1 Å². The maximum absolute atomic E-state index is 13.5. The van der Waals surface area contributed by atoms with Gasteiger partial charge in [-0.25, -0.2) is 4.39 Å². The first-order valence-electron chi connectivity index (χ1n) is 8.69. The van der Waals surface area contributed by atoms with E-state index in [9.17, 15) is 23.6 Å². The highest BCUT2D eigenvalue weighted by atomic mass is 19.1. The van der Waals surface area contributed by atoms with Crippen LogP contribution in [0.15, 0.2) is 48.5 Å². The van der Waals surface area contributed by atoms with Gasteiger partial charge in [-0.05, 0) is 31.2 Å². The number of imide groups is 1. The normalized spacial score (nSPS) is 13.9. The van der Waals surface area contributed by atoms with Gasteiger partial charge in [-0.1, -0.05) is 24.3 Å². The molecule has 0 bridgehead atoms. The molecule has 0 fully saturated rings. The van der Waals surface area contributed by atoms with Gasteiger partial charge in [0.05, 0.1) is 16.7 Å². The van der Waals surface area contributed by atoms with Crippen LogP contribution >= 0.6 is 0 Å². The van der Waals surface area contributed by atoms with E-state index in [0.29, 0.717) is 0 Å². The van der Waals surface area contributed by atoms with Crippen LogP contribution in [0, 0.1) is 5.82 Å². The van der Waals surface area contributed by atoms with Crippen molar-refractivity contribution in [3.05, 3.63) is 71.0 Å². The maximum Gasteiger partial charge on any atom is 0.262 e. The van der Waals surface area contributed by atoms with Gasteiger partial charge in [-0.3, -0.25) is 24.1 Å². The fraction of sp³-hybridized carbons (Fsp3) is 0.200. The zero-order valence-electron chi connectivity index (χ0n) is 15.1. The lowest BCUT2D eigenvalue weighted by Gasteiger charge is -2.21. The average molecular weight is 383 g/mol. The smallest absolute Gasteiger partial charge is 0.262 e. The van der Waals surface area contributed by atoms with E-state index in [2.05, 4.69) is 10.6 Å². The first kappa shape index (κ1) is 19.2. The van der Waals surface area contributed by atoms with Crippen molar-refractivity contribution in [2.24, 2.45) is 0 Å². The zero-order chi connectivity index (χ0) is 20.3. The largest absolute Gasteiger partial charge is 0.353 e. The number of rotatable bonds is 6. The number of carbonyl (C=O) groups excluding carboxylic acids is 4. The highest BCUT2D eigenvalue weighted by molar-refractivity contribution is 6.22. The fourth-order valence-electron chi connectivity index (χ4n) is 2.93. The Balaban J connectivity index is 1.52. The van der Waals surface area contributed by atoms with E-state index in [1.165, 1.54) is 25.1 Å². The van der Waals surface area contributed by atoms with E-state index in [0.717, 1.165) is 4.90 Å². The van der Waals surface area contributed by atoms with Gasteiger partial charge in [-0.2, -0.15) is 0 Å². The van der Waals surface area contributed by atoms with Crippen molar-refractivity contribution in [3.63, 3.8) is 0 Å². The summed E-state index contributed by atoms with van der Waals surface area (Å²) < 4.78 is 13.5. The second kappa shape index (κ2) is 7.99. The van der Waals surface area contributed by atoms with Crippen LogP contribution < -0.4 is 10.6 Å². The van der Waals surface area contributed by atoms with Crippen LogP contribution in [0.1, 0.15) is 38.0 Å². The van der Waals surface area contributed by atoms with E-state index in [1.807, 2.05) is 0 Å². The van der Waals surface area contributed by atoms with Crippen LogP contribution in [0.5, 0.6) is 0 Å². The van der Waals surface area contributed by atoms with E-state index in [1.54, 1.807) is 30.3 Å². The molecule has 144 valence electrons. The Labute approximate surface area is 160 Å². The highest BCUT2D eigenvalue weighted by Crippen LogP contribution is 2.24. The lowest BCUT2D eigenvalue weighted by Crippen LogP contribution is -2.49. The molecule has 0 spiro atoms. The zero-order valence-corrected chi connectivity index (χ0v) is 15.1. The summed E-state index contributed by atoms with van der Waals surface area (Å²) in [6, 6.07) is 10.9. The first-order valence-corrected chi connectivity index (χ1v) is 8.69. The van der Waals surface area contributed by atoms with E-state index < -0.39 is 35.5 Å². The van der Waals surface area contributed by atoms with Crippen molar-refractivity contribution < 1.29 is 23.6 Å². The SMILES string of the molecule is CC(C(=O)NCCNC(=O)c1ccccc1F)N1C(=O)c2ccccc2C1=O. The number of hydrogen-bond donors (Lipinski definition) is 2. The van der Waals surface area contributed by atoms with Gasteiger partial charge in [0.2, 0.25) is 5.91 Å². The van der Waals surface area contributed by atoms with E-state index >= 15 is 0 Å². The van der Waals surface area contributed by atoms with Crippen molar-refractivity contribution in [1.29, 1.82) is 0 Å². The minimum atomic E-state index is -1.00. The van der Waals surface area contributed by atoms with Crippen LogP contribution in [0.2, 0.25) is 0 Å². The molecule has 0 radical (unpaired) electrons. The monoisotopic (exact) mass is 383 g/mol. The third-order valence-electron chi connectivity index (χ3n) is 4.42. The Kier molecular flexibility index (Phi) is 5.49. The van der Waals surface area contributed by atoms with Crippen LogP contribution in [-0.2, 0) is 4.79 Å². The lowest BCUT2D eigenvalue weighted by molar-refractivity contribution is -0.124. The Morgan fingerprint density at radius 3 is 2.07 bits per heavy atom. The molecule has 0 saturated heterocycles. The van der Waals surface area contributed by atoms with Crippen molar-refractivity contribution in [2.45, 2.75) is 13.0 Å². The number of halogens is 1. The highest BCUT2D eigenvalue weighted by Gasteiger charge is 2.40. The average Bonchev–Trinajstić information content (AvgIpc) is 2.95. The number of benzene rings is 2. The Morgan fingerprint density at radius 2 is 1.46 bits per heavy atom. The molecule has 2 aromatic rings. The molecule has 2 aromatic carbocycles. The third-order valence-corrected chi connectivity index (χ3v) is 4.42. The number of nitrogens with zero attached hydrogens (tertiary/aromatic N) is 1. The summed E-state index contributed by atoms with van der Waals surface area (Å²) in [7, 11) is 0. The molecule has 0 aliphatic carbocycles. The maximum atomic E-state index is 13.5. The standard InChI is InChI=1S/C20H18FN3O4/c1-12(24-19(27)13-6-2-3-7-14(13)20(24)28)17(25)22-10-11-23-18(26)15-8-4-5-9-16(15)21/h2-9,12H,10-11H2,1H3,(H,22,25)(H,23,26). The summed E-state index contributed by atoms with van der Waals surface area (Å²) in [6.45, 7) is 1.58. The molecule has 1 aliphatic rings. The summed E-state index contributed by atoms with van der Waals surface area (Å²) in [5.41, 5.74) is 0.446. The molecule has 3 rings (SSSR count). The second-order valence-corrected chi connectivity index (χ2v) is 6.23. The fourth-order valence-corrected chi connectivity index (χ4v) is 2.93. The van der Waals surface area contributed by atoms with Crippen molar-refractivity contribution in [2.75, 3.05) is 13.1 Å². The summed E-state index contributed by atoms with van der Waals surface area (Å²) in [5.74, 6) is -2.80. The Morgan fingerprint density at radius 1 is 0.929 bits per heavy atom. The summed E-state index contributed by atoms with van der Waals surface area (Å²) in [5, 5.41) is 5.05. The molecule has 1 atom stereocenters. The molecule has 0 saturated carbocycles. The quantitative estimate of drug-likeness (QED) is 0.582. The van der Waals surface area contributed by atoms with Crippen molar-refractivity contribution >= 4 is 23.6 Å². The Hall–Kier alpha value is -3.55. The van der Waals surface area contributed by atoms with Crippen molar-refractivity contribution in [3.8, 4) is 0 Å². The molecule has 28 heavy (non-hydrogen) atoms. The van der Waals surface area contributed by atoms with Gasteiger partial charge in [0.15, 0.2) is 0 Å². The first-order chi connectivity index (χ1) is 13.4. The summed E-state index contributed by atoms with van der Waals surface area (Å²) in [4.78, 5) is 49.9. The van der Waals surface area contributed by atoms with Gasteiger partial charge in [-0.15, -0.1) is 0 Å².